The molecule has 0 radical (unpaired) electrons. The molecule has 0 atom stereocenters. The lowest BCUT2D eigenvalue weighted by Gasteiger charge is -2.21. The number of thiocarbonyl (C=S) groups is 1. The number of nitrogens with two attached hydrogens (primary N) is 1. The summed E-state index contributed by atoms with van der Waals surface area (Å²) in [4.78, 5) is 12.2. The Hall–Kier alpha value is -1.46. The third kappa shape index (κ3) is 4.58. The van der Waals surface area contributed by atoms with Gasteiger partial charge in [-0.2, -0.15) is 0 Å². The zero-order valence-electron chi connectivity index (χ0n) is 11.4. The fourth-order valence-corrected chi connectivity index (χ4v) is 2.50. The van der Waals surface area contributed by atoms with Crippen molar-refractivity contribution in [2.45, 2.75) is 38.2 Å². The molecule has 3 N–H and O–H groups in total. The van der Waals surface area contributed by atoms with Crippen molar-refractivity contribution in [3.05, 3.63) is 29.8 Å². The Morgan fingerprint density at radius 3 is 2.80 bits per heavy atom. The minimum absolute atomic E-state index is 0.0992. The first-order chi connectivity index (χ1) is 9.65. The van der Waals surface area contributed by atoms with Crippen molar-refractivity contribution < 1.29 is 9.53 Å². The number of hydrogen-bond donors (Lipinski definition) is 2. The molecule has 0 unspecified atom stereocenters. The lowest BCUT2D eigenvalue weighted by Crippen LogP contribution is -2.24. The fraction of sp³-hybridized carbons (Fsp3) is 0.467. The molecule has 0 spiro atoms. The molecule has 1 aliphatic rings. The highest BCUT2D eigenvalue weighted by Gasteiger charge is 2.15. The van der Waals surface area contributed by atoms with Gasteiger partial charge in [-0.3, -0.25) is 4.79 Å². The first kappa shape index (κ1) is 14.9. The minimum Gasteiger partial charge on any atom is -0.389 e. The van der Waals surface area contributed by atoms with Gasteiger partial charge in [-0.15, -0.1) is 0 Å². The number of carbonyl (C=O) groups is 1. The average molecular weight is 292 g/mol. The van der Waals surface area contributed by atoms with Crippen molar-refractivity contribution in [2.24, 2.45) is 5.73 Å². The highest BCUT2D eigenvalue weighted by Crippen LogP contribution is 2.20. The Kier molecular flexibility index (Phi) is 5.49. The van der Waals surface area contributed by atoms with Gasteiger partial charge in [0.1, 0.15) is 11.6 Å². The summed E-state index contributed by atoms with van der Waals surface area (Å²) in [6.45, 7) is 0.0992. The van der Waals surface area contributed by atoms with E-state index in [-0.39, 0.29) is 18.6 Å². The van der Waals surface area contributed by atoms with Gasteiger partial charge in [0.15, 0.2) is 0 Å². The summed E-state index contributed by atoms with van der Waals surface area (Å²) in [6, 6.07) is 7.20. The van der Waals surface area contributed by atoms with Gasteiger partial charge in [-0.25, -0.2) is 0 Å². The van der Waals surface area contributed by atoms with Crippen LogP contribution in [0.4, 0.5) is 5.69 Å². The molecule has 1 aromatic rings. The van der Waals surface area contributed by atoms with Crippen LogP contribution in [0.1, 0.15) is 37.7 Å². The van der Waals surface area contributed by atoms with Crippen LogP contribution in [0.5, 0.6) is 0 Å². The van der Waals surface area contributed by atoms with Crippen LogP contribution >= 0.6 is 12.2 Å². The van der Waals surface area contributed by atoms with Crippen LogP contribution in [0, 0.1) is 0 Å². The molecule has 108 valence electrons. The predicted octanol–water partition coefficient (Wildman–Crippen LogP) is 2.61. The monoisotopic (exact) mass is 292 g/mol. The molecule has 0 heterocycles. The molecule has 1 fully saturated rings. The number of benzene rings is 1. The van der Waals surface area contributed by atoms with Gasteiger partial charge in [0, 0.05) is 11.3 Å². The molecule has 1 saturated carbocycles. The molecule has 1 amide bonds. The Bertz CT molecular complexity index is 485. The second kappa shape index (κ2) is 7.36. The van der Waals surface area contributed by atoms with Crippen LogP contribution in [0.25, 0.3) is 0 Å². The van der Waals surface area contributed by atoms with E-state index in [1.165, 1.54) is 19.3 Å². The van der Waals surface area contributed by atoms with Gasteiger partial charge in [0.2, 0.25) is 5.91 Å². The summed E-state index contributed by atoms with van der Waals surface area (Å²) >= 11 is 4.91. The second-order valence-corrected chi connectivity index (χ2v) is 5.50. The van der Waals surface area contributed by atoms with E-state index < -0.39 is 0 Å². The summed E-state index contributed by atoms with van der Waals surface area (Å²) in [7, 11) is 0. The van der Waals surface area contributed by atoms with Crippen LogP contribution < -0.4 is 11.1 Å². The van der Waals surface area contributed by atoms with Crippen molar-refractivity contribution in [1.82, 2.24) is 0 Å². The van der Waals surface area contributed by atoms with E-state index in [4.69, 9.17) is 22.7 Å². The molecule has 0 aromatic heterocycles. The van der Waals surface area contributed by atoms with Gasteiger partial charge in [-0.05, 0) is 25.0 Å². The maximum Gasteiger partial charge on any atom is 0.250 e. The van der Waals surface area contributed by atoms with E-state index >= 15 is 0 Å². The zero-order valence-corrected chi connectivity index (χ0v) is 12.2. The lowest BCUT2D eigenvalue weighted by atomic mass is 9.98. The highest BCUT2D eigenvalue weighted by atomic mass is 32.1. The van der Waals surface area contributed by atoms with Gasteiger partial charge < -0.3 is 15.8 Å². The normalized spacial score (nSPS) is 15.8. The summed E-state index contributed by atoms with van der Waals surface area (Å²) in [5.41, 5.74) is 6.99. The Balaban J connectivity index is 1.81. The topological polar surface area (TPSA) is 64.3 Å². The lowest BCUT2D eigenvalue weighted by molar-refractivity contribution is -0.123. The van der Waals surface area contributed by atoms with E-state index in [2.05, 4.69) is 5.32 Å². The van der Waals surface area contributed by atoms with Crippen molar-refractivity contribution in [2.75, 3.05) is 11.9 Å². The molecule has 20 heavy (non-hydrogen) atoms. The highest BCUT2D eigenvalue weighted by molar-refractivity contribution is 7.80. The number of nitrogens with one attached hydrogen (secondary N) is 1. The molecule has 0 aliphatic heterocycles. The largest absolute Gasteiger partial charge is 0.389 e. The number of rotatable bonds is 5. The summed E-state index contributed by atoms with van der Waals surface area (Å²) in [5, 5.41) is 2.80. The maximum atomic E-state index is 11.8. The van der Waals surface area contributed by atoms with E-state index in [0.29, 0.717) is 10.7 Å². The summed E-state index contributed by atoms with van der Waals surface area (Å²) in [6.07, 6.45) is 6.02. The Morgan fingerprint density at radius 2 is 2.10 bits per heavy atom. The SMILES string of the molecule is NC(=S)c1cccc(NC(=O)COC2CCCCC2)c1. The Morgan fingerprint density at radius 1 is 1.35 bits per heavy atom. The molecule has 0 saturated heterocycles. The molecule has 1 aliphatic carbocycles. The molecule has 4 nitrogen and oxygen atoms in total. The molecule has 5 heteroatoms. The van der Waals surface area contributed by atoms with Gasteiger partial charge in [0.25, 0.3) is 0 Å². The molecule has 2 rings (SSSR count). The van der Waals surface area contributed by atoms with Crippen molar-refractivity contribution in [3.63, 3.8) is 0 Å². The second-order valence-electron chi connectivity index (χ2n) is 5.06. The fourth-order valence-electron chi connectivity index (χ4n) is 2.37. The van der Waals surface area contributed by atoms with E-state index in [9.17, 15) is 4.79 Å². The third-order valence-electron chi connectivity index (χ3n) is 3.43. The zero-order chi connectivity index (χ0) is 14.4. The van der Waals surface area contributed by atoms with Crippen LogP contribution in [0.15, 0.2) is 24.3 Å². The van der Waals surface area contributed by atoms with Crippen molar-refractivity contribution in [1.29, 1.82) is 0 Å². The number of carbonyl (C=O) groups excluding carboxylic acids is 1. The van der Waals surface area contributed by atoms with Crippen LogP contribution in [0.2, 0.25) is 0 Å². The van der Waals surface area contributed by atoms with Crippen molar-refractivity contribution >= 4 is 28.8 Å². The number of ether oxygens (including phenoxy) is 1. The predicted molar refractivity (Wildman–Crippen MR) is 83.8 cm³/mol. The van der Waals surface area contributed by atoms with Gasteiger partial charge >= 0.3 is 0 Å². The third-order valence-corrected chi connectivity index (χ3v) is 3.67. The maximum absolute atomic E-state index is 11.8. The molecule has 1 aromatic carbocycles. The van der Waals surface area contributed by atoms with E-state index in [0.717, 1.165) is 18.4 Å². The molecular weight excluding hydrogens is 272 g/mol. The van der Waals surface area contributed by atoms with Crippen LogP contribution in [-0.4, -0.2) is 23.6 Å². The number of hydrogen-bond acceptors (Lipinski definition) is 3. The summed E-state index contributed by atoms with van der Waals surface area (Å²) < 4.78 is 5.63. The van der Waals surface area contributed by atoms with E-state index in [1.54, 1.807) is 12.1 Å². The molecule has 0 bridgehead atoms. The first-order valence-corrected chi connectivity index (χ1v) is 7.37. The first-order valence-electron chi connectivity index (χ1n) is 6.96. The minimum atomic E-state index is -0.143. The molecular formula is C15H20N2O2S. The van der Waals surface area contributed by atoms with Gasteiger partial charge in [0.05, 0.1) is 6.10 Å². The smallest absolute Gasteiger partial charge is 0.250 e. The quantitative estimate of drug-likeness (QED) is 0.819. The number of amides is 1. The van der Waals surface area contributed by atoms with Crippen LogP contribution in [-0.2, 0) is 9.53 Å². The van der Waals surface area contributed by atoms with Crippen molar-refractivity contribution in [3.8, 4) is 0 Å². The standard InChI is InChI=1S/C15H20N2O2S/c16-15(20)11-5-4-6-12(9-11)17-14(18)10-19-13-7-2-1-3-8-13/h4-6,9,13H,1-3,7-8,10H2,(H2,16,20)(H,17,18). The van der Waals surface area contributed by atoms with Gasteiger partial charge in [-0.1, -0.05) is 43.6 Å². The van der Waals surface area contributed by atoms with E-state index in [1.807, 2.05) is 12.1 Å². The Labute approximate surface area is 124 Å². The summed E-state index contributed by atoms with van der Waals surface area (Å²) in [5.74, 6) is -0.143. The average Bonchev–Trinajstić information content (AvgIpc) is 2.46. The van der Waals surface area contributed by atoms with Crippen LogP contribution in [0.3, 0.4) is 0 Å². The number of anilines is 1.